The lowest BCUT2D eigenvalue weighted by Gasteiger charge is -2.08. The van der Waals surface area contributed by atoms with E-state index in [0.717, 1.165) is 5.56 Å². The van der Waals surface area contributed by atoms with Crippen molar-refractivity contribution in [3.63, 3.8) is 0 Å². The van der Waals surface area contributed by atoms with Crippen molar-refractivity contribution in [2.24, 2.45) is 0 Å². The lowest BCUT2D eigenvalue weighted by Crippen LogP contribution is -2.19. The number of nitrogens with one attached hydrogen (secondary N) is 3. The summed E-state index contributed by atoms with van der Waals surface area (Å²) in [5, 5.41) is 13.9. The average molecular weight is 299 g/mol. The van der Waals surface area contributed by atoms with Gasteiger partial charge in [-0.1, -0.05) is 30.3 Å². The summed E-state index contributed by atoms with van der Waals surface area (Å²) >= 11 is 0. The highest BCUT2D eigenvalue weighted by molar-refractivity contribution is 5.99. The van der Waals surface area contributed by atoms with Gasteiger partial charge in [0.05, 0.1) is 0 Å². The summed E-state index contributed by atoms with van der Waals surface area (Å²) in [6, 6.07) is 16.0. The minimum Gasteiger partial charge on any atom is -0.308 e. The number of amides is 3. The third-order valence-corrected chi connectivity index (χ3v) is 3.01. The number of rotatable bonds is 5. The SMILES string of the molecule is O=C(CCc1ccc(NC(=O)Nc2ccccc2)cc1)NO. The fourth-order valence-electron chi connectivity index (χ4n) is 1.88. The van der Waals surface area contributed by atoms with Crippen LogP contribution in [0.4, 0.5) is 16.2 Å². The van der Waals surface area contributed by atoms with Crippen LogP contribution in [0.15, 0.2) is 54.6 Å². The van der Waals surface area contributed by atoms with Crippen LogP contribution in [-0.4, -0.2) is 17.1 Å². The number of benzene rings is 2. The molecule has 0 radical (unpaired) electrons. The molecule has 0 atom stereocenters. The number of carbonyl (C=O) groups excluding carboxylic acids is 2. The predicted molar refractivity (Wildman–Crippen MR) is 83.8 cm³/mol. The zero-order chi connectivity index (χ0) is 15.8. The molecule has 6 heteroatoms. The van der Waals surface area contributed by atoms with Crippen LogP contribution in [0.25, 0.3) is 0 Å². The molecule has 0 aliphatic carbocycles. The second kappa shape index (κ2) is 7.80. The quantitative estimate of drug-likeness (QED) is 0.505. The summed E-state index contributed by atoms with van der Waals surface area (Å²) in [4.78, 5) is 22.8. The molecule has 0 unspecified atom stereocenters. The maximum Gasteiger partial charge on any atom is 0.323 e. The highest BCUT2D eigenvalue weighted by Crippen LogP contribution is 2.12. The Labute approximate surface area is 128 Å². The summed E-state index contributed by atoms with van der Waals surface area (Å²) < 4.78 is 0. The van der Waals surface area contributed by atoms with Crippen molar-refractivity contribution in [2.45, 2.75) is 12.8 Å². The summed E-state index contributed by atoms with van der Waals surface area (Å²) in [6.07, 6.45) is 0.723. The first kappa shape index (κ1) is 15.5. The highest BCUT2D eigenvalue weighted by Gasteiger charge is 2.03. The van der Waals surface area contributed by atoms with E-state index in [1.807, 2.05) is 30.3 Å². The van der Waals surface area contributed by atoms with E-state index in [1.54, 1.807) is 29.7 Å². The van der Waals surface area contributed by atoms with Gasteiger partial charge in [-0.15, -0.1) is 0 Å². The molecule has 4 N–H and O–H groups in total. The topological polar surface area (TPSA) is 90.5 Å². The van der Waals surface area contributed by atoms with Gasteiger partial charge in [0, 0.05) is 17.8 Å². The molecule has 22 heavy (non-hydrogen) atoms. The first-order valence-corrected chi connectivity index (χ1v) is 6.82. The molecule has 0 bridgehead atoms. The van der Waals surface area contributed by atoms with E-state index in [4.69, 9.17) is 5.21 Å². The van der Waals surface area contributed by atoms with Gasteiger partial charge in [0.2, 0.25) is 5.91 Å². The number of urea groups is 1. The lowest BCUT2D eigenvalue weighted by molar-refractivity contribution is -0.129. The van der Waals surface area contributed by atoms with Crippen molar-refractivity contribution in [1.82, 2.24) is 5.48 Å². The van der Waals surface area contributed by atoms with Gasteiger partial charge in [-0.05, 0) is 36.2 Å². The van der Waals surface area contributed by atoms with E-state index in [9.17, 15) is 9.59 Å². The average Bonchev–Trinajstić information content (AvgIpc) is 2.54. The fraction of sp³-hybridized carbons (Fsp3) is 0.125. The van der Waals surface area contributed by atoms with Crippen molar-refractivity contribution < 1.29 is 14.8 Å². The molecule has 6 nitrogen and oxygen atoms in total. The minimum atomic E-state index is -0.426. The molecule has 0 saturated heterocycles. The molecule has 2 aromatic rings. The number of para-hydroxylation sites is 1. The first-order valence-electron chi connectivity index (χ1n) is 6.82. The zero-order valence-electron chi connectivity index (χ0n) is 11.9. The van der Waals surface area contributed by atoms with Crippen LogP contribution in [0.3, 0.4) is 0 Å². The molecule has 0 fully saturated rings. The molecule has 0 aromatic heterocycles. The number of hydrogen-bond acceptors (Lipinski definition) is 3. The Hall–Kier alpha value is -2.86. The van der Waals surface area contributed by atoms with E-state index in [1.165, 1.54) is 0 Å². The van der Waals surface area contributed by atoms with Crippen molar-refractivity contribution in [1.29, 1.82) is 0 Å². The lowest BCUT2D eigenvalue weighted by atomic mass is 10.1. The van der Waals surface area contributed by atoms with Crippen LogP contribution in [0.1, 0.15) is 12.0 Å². The Morgan fingerprint density at radius 1 is 0.864 bits per heavy atom. The Balaban J connectivity index is 1.85. The van der Waals surface area contributed by atoms with Gasteiger partial charge in [-0.3, -0.25) is 10.0 Å². The molecule has 0 saturated carbocycles. The Morgan fingerprint density at radius 3 is 2.05 bits per heavy atom. The standard InChI is InChI=1S/C16H17N3O3/c20-15(19-22)11-8-12-6-9-14(10-7-12)18-16(21)17-13-4-2-1-3-5-13/h1-7,9-10,22H,8,11H2,(H,19,20)(H2,17,18,21). The Morgan fingerprint density at radius 2 is 1.45 bits per heavy atom. The largest absolute Gasteiger partial charge is 0.323 e. The van der Waals surface area contributed by atoms with Crippen LogP contribution < -0.4 is 16.1 Å². The zero-order valence-corrected chi connectivity index (χ0v) is 11.9. The first-order chi connectivity index (χ1) is 10.7. The fourth-order valence-corrected chi connectivity index (χ4v) is 1.88. The molecule has 2 aromatic carbocycles. The van der Waals surface area contributed by atoms with E-state index in [-0.39, 0.29) is 12.5 Å². The smallest absolute Gasteiger partial charge is 0.308 e. The van der Waals surface area contributed by atoms with Gasteiger partial charge in [0.15, 0.2) is 0 Å². The van der Waals surface area contributed by atoms with Gasteiger partial charge >= 0.3 is 6.03 Å². The van der Waals surface area contributed by atoms with Crippen LogP contribution in [0.2, 0.25) is 0 Å². The van der Waals surface area contributed by atoms with Crippen LogP contribution in [0, 0.1) is 0 Å². The Bertz CT molecular complexity index is 627. The van der Waals surface area contributed by atoms with E-state index in [2.05, 4.69) is 10.6 Å². The van der Waals surface area contributed by atoms with Crippen LogP contribution >= 0.6 is 0 Å². The number of hydrogen-bond donors (Lipinski definition) is 4. The van der Waals surface area contributed by atoms with Gasteiger partial charge in [-0.25, -0.2) is 10.3 Å². The molecule has 2 rings (SSSR count). The second-order valence-electron chi connectivity index (χ2n) is 4.68. The van der Waals surface area contributed by atoms with Crippen LogP contribution in [-0.2, 0) is 11.2 Å². The monoisotopic (exact) mass is 299 g/mol. The third-order valence-electron chi connectivity index (χ3n) is 3.01. The highest BCUT2D eigenvalue weighted by atomic mass is 16.5. The second-order valence-corrected chi connectivity index (χ2v) is 4.68. The molecule has 0 spiro atoms. The van der Waals surface area contributed by atoms with E-state index in [0.29, 0.717) is 17.8 Å². The number of carbonyl (C=O) groups is 2. The van der Waals surface area contributed by atoms with Crippen molar-refractivity contribution in [3.05, 3.63) is 60.2 Å². The molecule has 0 heterocycles. The van der Waals surface area contributed by atoms with Gasteiger partial charge in [0.25, 0.3) is 0 Å². The Kier molecular flexibility index (Phi) is 5.50. The summed E-state index contributed by atoms with van der Waals surface area (Å²) in [5.74, 6) is -0.426. The molecular formula is C16H17N3O3. The molecular weight excluding hydrogens is 282 g/mol. The van der Waals surface area contributed by atoms with Crippen molar-refractivity contribution in [2.75, 3.05) is 10.6 Å². The van der Waals surface area contributed by atoms with Gasteiger partial charge in [0.1, 0.15) is 0 Å². The molecule has 0 aliphatic rings. The molecule has 114 valence electrons. The maximum absolute atomic E-state index is 11.8. The molecule has 3 amide bonds. The van der Waals surface area contributed by atoms with Crippen molar-refractivity contribution >= 4 is 23.3 Å². The molecule has 0 aliphatic heterocycles. The summed E-state index contributed by atoms with van der Waals surface area (Å²) in [6.45, 7) is 0. The van der Waals surface area contributed by atoms with E-state index < -0.39 is 5.91 Å². The third kappa shape index (κ3) is 4.92. The van der Waals surface area contributed by atoms with Crippen LogP contribution in [0.5, 0.6) is 0 Å². The van der Waals surface area contributed by atoms with Gasteiger partial charge in [-0.2, -0.15) is 0 Å². The van der Waals surface area contributed by atoms with E-state index >= 15 is 0 Å². The predicted octanol–water partition coefficient (Wildman–Crippen LogP) is 2.77. The summed E-state index contributed by atoms with van der Waals surface area (Å²) in [5.41, 5.74) is 3.90. The normalized spacial score (nSPS) is 9.86. The number of hydroxylamine groups is 1. The van der Waals surface area contributed by atoms with Gasteiger partial charge < -0.3 is 10.6 Å². The number of aryl methyl sites for hydroxylation is 1. The maximum atomic E-state index is 11.8. The summed E-state index contributed by atoms with van der Waals surface area (Å²) in [7, 11) is 0. The van der Waals surface area contributed by atoms with Crippen molar-refractivity contribution in [3.8, 4) is 0 Å². The number of anilines is 2. The minimum absolute atomic E-state index is 0.206.